The normalized spacial score (nSPS) is 24.7. The maximum absolute atomic E-state index is 13.7. The van der Waals surface area contributed by atoms with Crippen molar-refractivity contribution in [3.05, 3.63) is 59.1 Å². The molecule has 0 spiro atoms. The molecule has 1 unspecified atom stereocenters. The first-order valence-electron chi connectivity index (χ1n) is 11.1. The number of pyridine rings is 2. The Hall–Kier alpha value is -1.86. The van der Waals surface area contributed by atoms with E-state index in [0.717, 1.165) is 49.9 Å². The van der Waals surface area contributed by atoms with Gasteiger partial charge in [0, 0.05) is 64.6 Å². The number of ketones is 1. The van der Waals surface area contributed by atoms with Crippen molar-refractivity contribution in [3.63, 3.8) is 0 Å². The number of aromatic nitrogens is 2. The van der Waals surface area contributed by atoms with Gasteiger partial charge in [0.15, 0.2) is 0 Å². The molecule has 1 atom stereocenters. The standard InChI is InChI=1S/C24H31ClN4O2/c1-23(2)18-24(9-17-31-23,22(30)21-7-3-4-10-27-21)29-15-13-28(14-16-29)12-8-20-19(25)6-5-11-26-20/h3-7,10-11H,8-9,12-18H2,1-2H3. The number of hydrogen-bond donors (Lipinski definition) is 0. The monoisotopic (exact) mass is 442 g/mol. The summed E-state index contributed by atoms with van der Waals surface area (Å²) in [7, 11) is 0. The fraction of sp³-hybridized carbons (Fsp3) is 0.542. The van der Waals surface area contributed by atoms with Gasteiger partial charge in [-0.3, -0.25) is 19.7 Å². The lowest BCUT2D eigenvalue weighted by atomic mass is 9.75. The van der Waals surface area contributed by atoms with Crippen molar-refractivity contribution in [1.82, 2.24) is 19.8 Å². The highest BCUT2D eigenvalue weighted by molar-refractivity contribution is 6.31. The molecule has 31 heavy (non-hydrogen) atoms. The van der Waals surface area contributed by atoms with Crippen molar-refractivity contribution in [3.8, 4) is 0 Å². The number of carbonyl (C=O) groups excluding carboxylic acids is 1. The van der Waals surface area contributed by atoms with Gasteiger partial charge in [-0.1, -0.05) is 17.7 Å². The first-order valence-corrected chi connectivity index (χ1v) is 11.4. The average Bonchev–Trinajstić information content (AvgIpc) is 2.78. The highest BCUT2D eigenvalue weighted by Gasteiger charge is 2.51. The number of piperazine rings is 1. The second kappa shape index (κ2) is 9.33. The Labute approximate surface area is 189 Å². The summed E-state index contributed by atoms with van der Waals surface area (Å²) in [5.41, 5.74) is 0.592. The lowest BCUT2D eigenvalue weighted by Gasteiger charge is -2.52. The summed E-state index contributed by atoms with van der Waals surface area (Å²) in [5, 5.41) is 0.727. The third-order valence-corrected chi connectivity index (χ3v) is 6.87. The van der Waals surface area contributed by atoms with Gasteiger partial charge in [-0.25, -0.2) is 0 Å². The number of rotatable bonds is 6. The van der Waals surface area contributed by atoms with E-state index in [1.807, 2.05) is 30.3 Å². The number of hydrogen-bond acceptors (Lipinski definition) is 6. The van der Waals surface area contributed by atoms with Gasteiger partial charge < -0.3 is 9.64 Å². The SMILES string of the molecule is CC1(C)CC(C(=O)c2ccccn2)(N2CCN(CCc3ncccc3Cl)CC2)CCO1. The molecule has 0 aliphatic carbocycles. The minimum Gasteiger partial charge on any atom is -0.375 e. The Balaban J connectivity index is 1.46. The van der Waals surface area contributed by atoms with Crippen LogP contribution in [0, 0.1) is 0 Å². The predicted molar refractivity (Wildman–Crippen MR) is 122 cm³/mol. The zero-order chi connectivity index (χ0) is 21.9. The zero-order valence-corrected chi connectivity index (χ0v) is 19.1. The molecule has 0 aromatic carbocycles. The van der Waals surface area contributed by atoms with E-state index in [4.69, 9.17) is 16.3 Å². The van der Waals surface area contributed by atoms with Gasteiger partial charge in [0.25, 0.3) is 0 Å². The average molecular weight is 443 g/mol. The maximum Gasteiger partial charge on any atom is 0.201 e. The fourth-order valence-corrected chi connectivity index (χ4v) is 5.16. The molecular weight excluding hydrogens is 412 g/mol. The summed E-state index contributed by atoms with van der Waals surface area (Å²) < 4.78 is 5.99. The van der Waals surface area contributed by atoms with Crippen LogP contribution in [-0.4, -0.2) is 76.0 Å². The summed E-state index contributed by atoms with van der Waals surface area (Å²) in [5.74, 6) is 0.123. The first kappa shape index (κ1) is 22.3. The molecule has 0 amide bonds. The molecule has 0 radical (unpaired) electrons. The molecule has 2 fully saturated rings. The molecule has 4 heterocycles. The lowest BCUT2D eigenvalue weighted by Crippen LogP contribution is -2.65. The van der Waals surface area contributed by atoms with E-state index < -0.39 is 5.54 Å². The van der Waals surface area contributed by atoms with Gasteiger partial charge >= 0.3 is 0 Å². The third-order valence-electron chi connectivity index (χ3n) is 6.52. The molecule has 2 aromatic heterocycles. The lowest BCUT2D eigenvalue weighted by molar-refractivity contribution is -0.113. The van der Waals surface area contributed by atoms with Crippen molar-refractivity contribution in [1.29, 1.82) is 0 Å². The molecule has 7 heteroatoms. The van der Waals surface area contributed by atoms with Gasteiger partial charge in [0.1, 0.15) is 5.69 Å². The number of halogens is 1. The predicted octanol–water partition coefficient (Wildman–Crippen LogP) is 3.50. The topological polar surface area (TPSA) is 58.6 Å². The van der Waals surface area contributed by atoms with Crippen LogP contribution >= 0.6 is 11.6 Å². The van der Waals surface area contributed by atoms with Crippen molar-refractivity contribution in [2.24, 2.45) is 0 Å². The van der Waals surface area contributed by atoms with E-state index in [9.17, 15) is 4.79 Å². The van der Waals surface area contributed by atoms with Gasteiger partial charge in [0.05, 0.1) is 21.9 Å². The number of Topliss-reactive ketones (excluding diaryl/α,β-unsaturated/α-hetero) is 1. The summed E-state index contributed by atoms with van der Waals surface area (Å²) in [6, 6.07) is 9.32. The molecule has 166 valence electrons. The quantitative estimate of drug-likeness (QED) is 0.638. The van der Waals surface area contributed by atoms with Crippen molar-refractivity contribution in [2.45, 2.75) is 44.2 Å². The molecule has 2 aromatic rings. The van der Waals surface area contributed by atoms with Crippen LogP contribution in [0.4, 0.5) is 0 Å². The zero-order valence-electron chi connectivity index (χ0n) is 18.4. The van der Waals surface area contributed by atoms with Gasteiger partial charge in [-0.05, 0) is 44.5 Å². The van der Waals surface area contributed by atoms with E-state index in [1.54, 1.807) is 12.4 Å². The second-order valence-electron chi connectivity index (χ2n) is 9.12. The largest absolute Gasteiger partial charge is 0.375 e. The molecular formula is C24H31ClN4O2. The first-order chi connectivity index (χ1) is 14.9. The summed E-state index contributed by atoms with van der Waals surface area (Å²) in [6.07, 6.45) is 5.71. The van der Waals surface area contributed by atoms with E-state index in [2.05, 4.69) is 33.6 Å². The minimum atomic E-state index is -0.563. The molecule has 2 aliphatic rings. The Morgan fingerprint density at radius 3 is 2.55 bits per heavy atom. The third kappa shape index (κ3) is 4.98. The molecule has 4 rings (SSSR count). The van der Waals surface area contributed by atoms with Gasteiger partial charge in [-0.15, -0.1) is 0 Å². The number of ether oxygens (including phenoxy) is 1. The fourth-order valence-electron chi connectivity index (χ4n) is 4.95. The molecule has 0 saturated carbocycles. The van der Waals surface area contributed by atoms with E-state index in [-0.39, 0.29) is 11.4 Å². The highest BCUT2D eigenvalue weighted by atomic mass is 35.5. The molecule has 2 saturated heterocycles. The Morgan fingerprint density at radius 2 is 1.87 bits per heavy atom. The summed E-state index contributed by atoms with van der Waals surface area (Å²) in [6.45, 7) is 9.21. The minimum absolute atomic E-state index is 0.123. The molecule has 0 N–H and O–H groups in total. The van der Waals surface area contributed by atoms with Crippen LogP contribution in [0.1, 0.15) is 42.9 Å². The Bertz CT molecular complexity index is 899. The Kier molecular flexibility index (Phi) is 6.72. The van der Waals surface area contributed by atoms with E-state index in [0.29, 0.717) is 25.1 Å². The van der Waals surface area contributed by atoms with Crippen LogP contribution in [0.25, 0.3) is 0 Å². The van der Waals surface area contributed by atoms with E-state index in [1.165, 1.54) is 0 Å². The molecule has 6 nitrogen and oxygen atoms in total. The van der Waals surface area contributed by atoms with Crippen LogP contribution in [0.2, 0.25) is 5.02 Å². The number of nitrogens with zero attached hydrogens (tertiary/aromatic N) is 4. The maximum atomic E-state index is 13.7. The van der Waals surface area contributed by atoms with Crippen molar-refractivity contribution in [2.75, 3.05) is 39.3 Å². The van der Waals surface area contributed by atoms with Crippen LogP contribution in [0.5, 0.6) is 0 Å². The van der Waals surface area contributed by atoms with E-state index >= 15 is 0 Å². The van der Waals surface area contributed by atoms with Crippen LogP contribution in [0.15, 0.2) is 42.7 Å². The van der Waals surface area contributed by atoms with Gasteiger partial charge in [-0.2, -0.15) is 0 Å². The summed E-state index contributed by atoms with van der Waals surface area (Å²) in [4.78, 5) is 27.3. The van der Waals surface area contributed by atoms with Crippen LogP contribution in [-0.2, 0) is 11.2 Å². The number of carbonyl (C=O) groups is 1. The summed E-state index contributed by atoms with van der Waals surface area (Å²) >= 11 is 6.26. The van der Waals surface area contributed by atoms with Crippen LogP contribution < -0.4 is 0 Å². The Morgan fingerprint density at radius 1 is 1.10 bits per heavy atom. The van der Waals surface area contributed by atoms with Crippen molar-refractivity contribution >= 4 is 17.4 Å². The second-order valence-corrected chi connectivity index (χ2v) is 9.53. The van der Waals surface area contributed by atoms with Crippen molar-refractivity contribution < 1.29 is 9.53 Å². The van der Waals surface area contributed by atoms with Gasteiger partial charge in [0.2, 0.25) is 5.78 Å². The smallest absolute Gasteiger partial charge is 0.201 e. The molecule has 2 aliphatic heterocycles. The van der Waals surface area contributed by atoms with Crippen LogP contribution in [0.3, 0.4) is 0 Å². The molecule has 0 bridgehead atoms. The highest BCUT2D eigenvalue weighted by Crippen LogP contribution is 2.39.